The summed E-state index contributed by atoms with van der Waals surface area (Å²) in [4.78, 5) is 36.7. The first-order chi connectivity index (χ1) is 23.4. The number of urea groups is 1. The highest BCUT2D eigenvalue weighted by Crippen LogP contribution is 2.32. The maximum Gasteiger partial charge on any atom is 0.337 e. The minimum atomic E-state index is -0.858. The lowest BCUT2D eigenvalue weighted by molar-refractivity contribution is 0.0958. The van der Waals surface area contributed by atoms with Gasteiger partial charge in [0, 0.05) is 44.1 Å². The van der Waals surface area contributed by atoms with Crippen LogP contribution in [0.1, 0.15) is 97.9 Å². The van der Waals surface area contributed by atoms with Gasteiger partial charge in [-0.2, -0.15) is 9.49 Å². The Kier molecular flexibility index (Phi) is 13.2. The third-order valence-electron chi connectivity index (χ3n) is 8.93. The average molecular weight is 688 g/mol. The molecule has 15 heteroatoms. The predicted molar refractivity (Wildman–Crippen MR) is 180 cm³/mol. The van der Waals surface area contributed by atoms with Gasteiger partial charge < -0.3 is 25.3 Å². The quantitative estimate of drug-likeness (QED) is 0.238. The molecule has 1 saturated heterocycles. The third-order valence-corrected chi connectivity index (χ3v) is 9.91. The number of hydrazine groups is 1. The van der Waals surface area contributed by atoms with E-state index >= 15 is 0 Å². The molecule has 2 aromatic heterocycles. The van der Waals surface area contributed by atoms with Crippen LogP contribution in [0.3, 0.4) is 0 Å². The molecule has 2 atom stereocenters. The van der Waals surface area contributed by atoms with Gasteiger partial charge in [0.05, 0.1) is 18.2 Å². The lowest BCUT2D eigenvalue weighted by atomic mass is 9.95. The zero-order valence-corrected chi connectivity index (χ0v) is 28.6. The zero-order chi connectivity index (χ0) is 33.9. The third kappa shape index (κ3) is 9.55. The van der Waals surface area contributed by atoms with Crippen molar-refractivity contribution >= 4 is 29.5 Å². The molecule has 3 aliphatic heterocycles. The molecular weight excluding hydrogens is 640 g/mol. The highest BCUT2D eigenvalue weighted by molar-refractivity contribution is 7.10. The van der Waals surface area contributed by atoms with Gasteiger partial charge in [0.25, 0.3) is 5.91 Å². The van der Waals surface area contributed by atoms with Crippen molar-refractivity contribution < 1.29 is 23.1 Å². The summed E-state index contributed by atoms with van der Waals surface area (Å²) in [5.41, 5.74) is 3.67. The molecule has 3 amide bonds. The number of likely N-dealkylation sites (tertiary alicyclic amines) is 1. The fraction of sp³-hybridized carbons (Fsp3) is 0.606. The van der Waals surface area contributed by atoms with Crippen LogP contribution in [0.25, 0.3) is 0 Å². The van der Waals surface area contributed by atoms with Gasteiger partial charge in [0.15, 0.2) is 0 Å². The summed E-state index contributed by atoms with van der Waals surface area (Å²) in [6.45, 7) is 6.96. The van der Waals surface area contributed by atoms with E-state index in [1.54, 1.807) is 24.9 Å². The number of nitrogens with zero attached hydrogens (tertiary/aromatic N) is 6. The van der Waals surface area contributed by atoms with Crippen LogP contribution in [0.4, 0.5) is 13.6 Å². The average Bonchev–Trinajstić information content (AvgIpc) is 3.89. The summed E-state index contributed by atoms with van der Waals surface area (Å²) in [7, 11) is 1.68. The smallest absolute Gasteiger partial charge is 0.337 e. The molecule has 0 radical (unpaired) electrons. The number of carbonyl (C=O) groups excluding carboxylic acids is 2. The number of ether oxygens (including phenoxy) is 1. The highest BCUT2D eigenvalue weighted by Gasteiger charge is 2.35. The maximum atomic E-state index is 14.8. The molecule has 48 heavy (non-hydrogen) atoms. The number of aromatic nitrogens is 2. The zero-order valence-electron chi connectivity index (χ0n) is 27.8. The number of hydrazone groups is 1. The number of rotatable bonds is 10. The number of pyridine rings is 1. The lowest BCUT2D eigenvalue weighted by Gasteiger charge is -2.31. The van der Waals surface area contributed by atoms with Gasteiger partial charge in [-0.05, 0) is 70.8 Å². The molecule has 3 N–H and O–H groups in total. The Morgan fingerprint density at radius 1 is 1.08 bits per heavy atom. The van der Waals surface area contributed by atoms with E-state index < -0.39 is 23.7 Å². The van der Waals surface area contributed by atoms with Gasteiger partial charge >= 0.3 is 6.03 Å². The van der Waals surface area contributed by atoms with E-state index in [-0.39, 0.29) is 29.4 Å². The number of methoxy groups -OCH3 is 1. The molecule has 0 bridgehead atoms. The number of hydrogen-bond acceptors (Lipinski definition) is 10. The normalized spacial score (nSPS) is 21.5. The molecule has 2 aromatic rings. The largest absolute Gasteiger partial charge is 0.385 e. The van der Waals surface area contributed by atoms with Gasteiger partial charge in [-0.25, -0.2) is 29.6 Å². The number of piperidine rings is 1. The number of thiazole rings is 1. The fourth-order valence-electron chi connectivity index (χ4n) is 6.25. The van der Waals surface area contributed by atoms with Crippen LogP contribution in [-0.4, -0.2) is 95.5 Å². The Hall–Kier alpha value is -3.53. The van der Waals surface area contributed by atoms with Crippen LogP contribution in [0.15, 0.2) is 34.5 Å². The summed E-state index contributed by atoms with van der Waals surface area (Å²) in [5, 5.41) is 15.7. The summed E-state index contributed by atoms with van der Waals surface area (Å²) in [6.07, 6.45) is 13.4. The van der Waals surface area contributed by atoms with E-state index in [0.29, 0.717) is 23.8 Å². The van der Waals surface area contributed by atoms with E-state index in [0.717, 1.165) is 70.5 Å². The molecule has 262 valence electrons. The molecule has 2 fully saturated rings. The Bertz CT molecular complexity index is 1430. The maximum absolute atomic E-state index is 14.8. The van der Waals surface area contributed by atoms with Crippen LogP contribution in [0.2, 0.25) is 0 Å². The Labute approximate surface area is 285 Å². The monoisotopic (exact) mass is 687 g/mol. The lowest BCUT2D eigenvalue weighted by Crippen LogP contribution is -2.41. The molecule has 12 nitrogen and oxygen atoms in total. The second-order valence-electron chi connectivity index (χ2n) is 12.4. The van der Waals surface area contributed by atoms with Crippen molar-refractivity contribution in [2.75, 3.05) is 46.4 Å². The first-order valence-corrected chi connectivity index (χ1v) is 17.9. The van der Waals surface area contributed by atoms with Crippen LogP contribution >= 0.6 is 11.3 Å². The Morgan fingerprint density at radius 3 is 2.58 bits per heavy atom. The summed E-state index contributed by atoms with van der Waals surface area (Å²) in [5.74, 6) is -2.16. The van der Waals surface area contributed by atoms with Crippen molar-refractivity contribution in [1.29, 1.82) is 0 Å². The van der Waals surface area contributed by atoms with E-state index in [2.05, 4.69) is 40.8 Å². The first-order valence-electron chi connectivity index (χ1n) is 17.0. The van der Waals surface area contributed by atoms with Crippen molar-refractivity contribution in [1.82, 2.24) is 40.9 Å². The molecule has 2 unspecified atom stereocenters. The van der Waals surface area contributed by atoms with E-state index in [1.165, 1.54) is 42.0 Å². The standard InChI is InChI=1S/C30H39F2N9O2S.C3H8O/c31-22-10-11-25(32)37-26(22)27-23(18-40(38-27)21-8-3-1-4-9-21)35-28(42)24-19-44-29(36-24)20-16-34-41(17-20)30(43)33-12-7-15-39-13-5-2-6-14-39;1-3-4-2/h10-11,16,18-21,27,38H,1-9,12-15,17H2,(H,33,43)(H,35,42);3H2,1-2H3. The molecular formula is C33H47F2N9O3S. The first kappa shape index (κ1) is 35.8. The molecule has 0 aromatic carbocycles. The van der Waals surface area contributed by atoms with Crippen LogP contribution in [0, 0.1) is 11.8 Å². The number of hydrogen-bond donors (Lipinski definition) is 3. The highest BCUT2D eigenvalue weighted by atomic mass is 32.1. The summed E-state index contributed by atoms with van der Waals surface area (Å²) in [6, 6.07) is 1.09. The van der Waals surface area contributed by atoms with Crippen LogP contribution in [-0.2, 0) is 4.74 Å². The van der Waals surface area contributed by atoms with Gasteiger partial charge in [0.2, 0.25) is 5.95 Å². The molecule has 6 rings (SSSR count). The molecule has 0 spiro atoms. The number of halogens is 2. The topological polar surface area (TPSA) is 127 Å². The SMILES string of the molecule is CCOC.O=C(NC1=CN(C2CCCCC2)NC1c1nc(F)ccc1F)c1csc(C2C=NN(C(=O)NCCCN3CCCCC3)C2)n1. The van der Waals surface area contributed by atoms with Crippen molar-refractivity contribution in [3.8, 4) is 0 Å². The van der Waals surface area contributed by atoms with Crippen molar-refractivity contribution in [3.05, 3.63) is 57.6 Å². The molecule has 1 aliphatic carbocycles. The van der Waals surface area contributed by atoms with Gasteiger partial charge in [-0.1, -0.05) is 25.7 Å². The van der Waals surface area contributed by atoms with Crippen molar-refractivity contribution in [2.45, 2.75) is 82.7 Å². The van der Waals surface area contributed by atoms with Crippen LogP contribution in [0.5, 0.6) is 0 Å². The fourth-order valence-corrected chi connectivity index (χ4v) is 7.10. The Balaban J connectivity index is 0.00000107. The predicted octanol–water partition coefficient (Wildman–Crippen LogP) is 4.91. The minimum absolute atomic E-state index is 0.124. The van der Waals surface area contributed by atoms with Gasteiger partial charge in [0.1, 0.15) is 28.3 Å². The molecule has 1 saturated carbocycles. The van der Waals surface area contributed by atoms with Crippen molar-refractivity contribution in [2.24, 2.45) is 5.10 Å². The van der Waals surface area contributed by atoms with Crippen LogP contribution < -0.4 is 16.1 Å². The van der Waals surface area contributed by atoms with Crippen molar-refractivity contribution in [3.63, 3.8) is 0 Å². The second kappa shape index (κ2) is 17.7. The van der Waals surface area contributed by atoms with Gasteiger partial charge in [-0.15, -0.1) is 11.3 Å². The number of nitrogens with one attached hydrogen (secondary N) is 3. The molecule has 4 aliphatic rings. The van der Waals surface area contributed by atoms with E-state index in [9.17, 15) is 18.4 Å². The van der Waals surface area contributed by atoms with E-state index in [1.807, 2.05) is 11.9 Å². The Morgan fingerprint density at radius 2 is 1.83 bits per heavy atom. The summed E-state index contributed by atoms with van der Waals surface area (Å²) < 4.78 is 33.3. The van der Waals surface area contributed by atoms with E-state index in [4.69, 9.17) is 0 Å². The minimum Gasteiger partial charge on any atom is -0.385 e. The molecule has 5 heterocycles. The number of amides is 3. The summed E-state index contributed by atoms with van der Waals surface area (Å²) >= 11 is 1.31. The number of carbonyl (C=O) groups is 2. The van der Waals surface area contributed by atoms with Gasteiger partial charge in [-0.3, -0.25) is 4.79 Å². The second-order valence-corrected chi connectivity index (χ2v) is 13.3.